The number of aliphatic hydroxyl groups is 1. The number of methoxy groups -OCH3 is 1. The number of nitrogens with zero attached hydrogens (tertiary/aromatic N) is 5. The summed E-state index contributed by atoms with van der Waals surface area (Å²) in [6, 6.07) is 0. The maximum absolute atomic E-state index is 15.1. The number of aromatic amines is 3. The van der Waals surface area contributed by atoms with Crippen LogP contribution in [0.25, 0.3) is 11.2 Å². The molecule has 0 spiro atoms. The molecule has 5 aliphatic rings. The SMILES string of the molecule is CO[C@H]1[C@H](n2cc(C)c(=O)[nH]c2=O)O[C@](C)(COP(=O)(S)O[C@H]2[C@H]3OC[C@]2(COP(=O)(O)S)O[C@H]3n2cnc3c(=O)[nH]c(N)nc32)[C@H]1P(=O)(S)OC[C@@]12CO[C@@H]([C@H](n3cc(C)c(=O)[nH]c3=O)O1)[C@@H]2O. The van der Waals surface area contributed by atoms with Crippen molar-refractivity contribution < 1.29 is 70.2 Å². The van der Waals surface area contributed by atoms with E-state index in [0.717, 1.165) is 9.13 Å². The van der Waals surface area contributed by atoms with Crippen LogP contribution in [0, 0.1) is 13.8 Å². The minimum Gasteiger partial charge on any atom is -0.387 e. The monoisotopic (exact) mass is 1090 g/mol. The fourth-order valence-electron chi connectivity index (χ4n) is 9.18. The molecule has 69 heavy (non-hydrogen) atoms. The molecule has 0 aliphatic carbocycles. The summed E-state index contributed by atoms with van der Waals surface area (Å²) < 4.78 is 105. The number of aryl methyl sites for hydroxylation is 2. The maximum atomic E-state index is 15.1. The van der Waals surface area contributed by atoms with Crippen molar-refractivity contribution in [2.75, 3.05) is 45.9 Å². The first kappa shape index (κ1) is 50.7. The molecule has 9 heterocycles. The first-order valence-electron chi connectivity index (χ1n) is 20.4. The van der Waals surface area contributed by atoms with Crippen LogP contribution in [0.15, 0.2) is 42.7 Å². The van der Waals surface area contributed by atoms with E-state index in [9.17, 15) is 43.1 Å². The number of nitrogens with two attached hydrogens (primary N) is 1. The molecule has 7 N–H and O–H groups in total. The van der Waals surface area contributed by atoms with Gasteiger partial charge in [0.1, 0.15) is 53.0 Å². The number of thiol groups is 3. The minimum absolute atomic E-state index is 0.0534. The highest BCUT2D eigenvalue weighted by molar-refractivity contribution is 8.46. The predicted octanol–water partition coefficient (Wildman–Crippen LogP) is -0.590. The van der Waals surface area contributed by atoms with Crippen LogP contribution in [0.1, 0.15) is 36.7 Å². The summed E-state index contributed by atoms with van der Waals surface area (Å²) in [5.41, 5.74) is -5.20. The second-order valence-corrected chi connectivity index (χ2v) is 26.5. The van der Waals surface area contributed by atoms with Crippen LogP contribution in [0.3, 0.4) is 0 Å². The molecule has 378 valence electrons. The van der Waals surface area contributed by atoms with E-state index in [4.69, 9.17) is 52.2 Å². The van der Waals surface area contributed by atoms with Gasteiger partial charge in [-0.25, -0.2) is 23.7 Å². The Bertz CT molecular complexity index is 3180. The number of anilines is 1. The zero-order valence-corrected chi connectivity index (χ0v) is 41.6. The Labute approximate surface area is 401 Å². The topological polar surface area (TPSA) is 383 Å². The molecule has 5 fully saturated rings. The lowest BCUT2D eigenvalue weighted by Gasteiger charge is -2.37. The van der Waals surface area contributed by atoms with Crippen LogP contribution >= 0.6 is 56.9 Å². The van der Waals surface area contributed by atoms with Crippen LogP contribution in [0.4, 0.5) is 5.95 Å². The van der Waals surface area contributed by atoms with Crippen molar-refractivity contribution in [1.29, 1.82) is 0 Å². The lowest BCUT2D eigenvalue weighted by atomic mass is 10.0. The van der Waals surface area contributed by atoms with E-state index >= 15 is 4.57 Å². The average Bonchev–Trinajstić information content (AvgIpc) is 4.10. The molecule has 3 unspecified atom stereocenters. The largest absolute Gasteiger partial charge is 0.387 e. The molecule has 29 nitrogen and oxygen atoms in total. The Kier molecular flexibility index (Phi) is 13.1. The Morgan fingerprint density at radius 3 is 2.03 bits per heavy atom. The first-order chi connectivity index (χ1) is 32.2. The van der Waals surface area contributed by atoms with Gasteiger partial charge in [-0.1, -0.05) is 36.7 Å². The lowest BCUT2D eigenvalue weighted by molar-refractivity contribution is -0.184. The third-order valence-electron chi connectivity index (χ3n) is 12.5. The van der Waals surface area contributed by atoms with E-state index in [0.29, 0.717) is 0 Å². The zero-order valence-electron chi connectivity index (χ0n) is 36.2. The second kappa shape index (κ2) is 17.8. The molecule has 15 atom stereocenters. The van der Waals surface area contributed by atoms with Crippen molar-refractivity contribution in [1.82, 2.24) is 38.6 Å². The van der Waals surface area contributed by atoms with Gasteiger partial charge in [-0.05, 0) is 20.8 Å². The summed E-state index contributed by atoms with van der Waals surface area (Å²) in [5, 5.41) is 11.4. The number of nitrogen functional groups attached to an aromatic ring is 1. The van der Waals surface area contributed by atoms with Gasteiger partial charge in [0.25, 0.3) is 23.2 Å². The molecule has 5 aliphatic heterocycles. The number of fused-ring (bicyclic) bond motifs is 5. The molecule has 9 rings (SSSR count). The zero-order chi connectivity index (χ0) is 50.0. The Morgan fingerprint density at radius 2 is 1.39 bits per heavy atom. The minimum atomic E-state index is -4.77. The molecule has 0 amide bonds. The van der Waals surface area contributed by atoms with Gasteiger partial charge in [0, 0.05) is 30.6 Å². The Balaban J connectivity index is 1.01. The Morgan fingerprint density at radius 1 is 0.812 bits per heavy atom. The van der Waals surface area contributed by atoms with Gasteiger partial charge in [-0.15, -0.1) is 0 Å². The number of hydrogen-bond donors (Lipinski definition) is 9. The van der Waals surface area contributed by atoms with Crippen molar-refractivity contribution in [2.24, 2.45) is 0 Å². The molecule has 4 bridgehead atoms. The molecule has 35 heteroatoms. The van der Waals surface area contributed by atoms with Gasteiger partial charge in [0.2, 0.25) is 5.95 Å². The van der Waals surface area contributed by atoms with Crippen LogP contribution < -0.4 is 33.8 Å². The summed E-state index contributed by atoms with van der Waals surface area (Å²) in [6.45, 7) is -12.6. The summed E-state index contributed by atoms with van der Waals surface area (Å²) in [4.78, 5) is 88.1. The van der Waals surface area contributed by atoms with Gasteiger partial charge < -0.3 is 48.7 Å². The molecule has 0 aromatic carbocycles. The number of hydrogen-bond acceptors (Lipinski definition) is 22. The highest BCUT2D eigenvalue weighted by Crippen LogP contribution is 2.68. The molecule has 0 saturated carbocycles. The molecule has 5 saturated heterocycles. The van der Waals surface area contributed by atoms with Crippen LogP contribution in [0.2, 0.25) is 0 Å². The van der Waals surface area contributed by atoms with E-state index in [-0.39, 0.29) is 41.5 Å². The summed E-state index contributed by atoms with van der Waals surface area (Å²) in [6.07, 6.45) is -7.26. The van der Waals surface area contributed by atoms with Gasteiger partial charge >= 0.3 is 25.0 Å². The van der Waals surface area contributed by atoms with E-state index in [1.54, 1.807) is 0 Å². The number of rotatable bonds is 16. The van der Waals surface area contributed by atoms with Gasteiger partial charge in [-0.3, -0.25) is 61.2 Å². The summed E-state index contributed by atoms with van der Waals surface area (Å²) in [7, 11) is 1.20. The summed E-state index contributed by atoms with van der Waals surface area (Å²) in [5.74, 6) is -0.265. The van der Waals surface area contributed by atoms with E-state index in [2.05, 4.69) is 61.7 Å². The maximum Gasteiger partial charge on any atom is 0.386 e. The fourth-order valence-corrected chi connectivity index (χ4v) is 14.6. The van der Waals surface area contributed by atoms with Crippen LogP contribution in [0.5, 0.6) is 0 Å². The van der Waals surface area contributed by atoms with E-state index in [1.165, 1.54) is 51.2 Å². The van der Waals surface area contributed by atoms with Crippen LogP contribution in [-0.4, -0.2) is 142 Å². The third-order valence-corrected chi connectivity index (χ3v) is 18.0. The normalized spacial score (nSPS) is 35.4. The number of H-pyrrole nitrogens is 3. The van der Waals surface area contributed by atoms with Crippen molar-refractivity contribution in [3.05, 3.63) is 81.9 Å². The molecule has 4 aromatic heterocycles. The van der Waals surface area contributed by atoms with Crippen molar-refractivity contribution >= 4 is 74.0 Å². The number of ether oxygens (including phenoxy) is 6. The molecular weight excluding hydrogens is 1040 g/mol. The molecule has 0 radical (unpaired) electrons. The third kappa shape index (κ3) is 8.96. The van der Waals surface area contributed by atoms with Gasteiger partial charge in [0.05, 0.1) is 39.4 Å². The van der Waals surface area contributed by atoms with Crippen molar-refractivity contribution in [3.63, 3.8) is 0 Å². The standard InChI is InChI=1S/C34H44N9O20P3S3/c1-13-5-41(30(48)39-23(13)45)26-16-19(44)33(61-26,8-55-16)10-57-64(50,67)21-18(54-4)28(42-6-14(2)24(46)40-31(42)49)60-32(21,3)7-59-66(53,69)63-20-17-27(62-34(20,9-56-17)11-58-65(51,52)68)43-12-36-15-22(43)37-29(35)38-25(15)47/h5-6,12,16-21,26-28,44H,7-11H2,1-4H3,(H,50,67)(H,53,69)(H,39,45,48)(H,40,46,49)(H2,51,52,68)(H3,35,37,38,47)/t16-,17-,18-,19+,20+,21+,26-,27-,28-,32-,33-,34-,64?,66?/m1/s1. The summed E-state index contributed by atoms with van der Waals surface area (Å²) >= 11 is 12.4. The second-order valence-electron chi connectivity index (χ2n) is 17.2. The van der Waals surface area contributed by atoms with Gasteiger partial charge in [0.15, 0.2) is 29.8 Å². The van der Waals surface area contributed by atoms with Crippen molar-refractivity contribution in [3.8, 4) is 0 Å². The first-order valence-corrected chi connectivity index (χ1v) is 28.7. The lowest BCUT2D eigenvalue weighted by Crippen LogP contribution is -2.47. The quantitative estimate of drug-likeness (QED) is 0.0500. The van der Waals surface area contributed by atoms with Gasteiger partial charge in [-0.2, -0.15) is 4.98 Å². The number of aromatic nitrogens is 8. The highest BCUT2D eigenvalue weighted by atomic mass is 32.7. The predicted molar refractivity (Wildman–Crippen MR) is 244 cm³/mol. The number of aliphatic hydroxyl groups excluding tert-OH is 1. The Hall–Kier alpha value is -3.23. The fraction of sp³-hybridized carbons (Fsp3) is 0.618. The number of nitrogens with one attached hydrogen (secondary N) is 3. The van der Waals surface area contributed by atoms with Crippen LogP contribution in [-0.2, 0) is 60.2 Å². The van der Waals surface area contributed by atoms with E-state index in [1.807, 2.05) is 0 Å². The highest BCUT2D eigenvalue weighted by Gasteiger charge is 2.67. The average molecular weight is 1090 g/mol. The molecular formula is C34H44N9O20P3S3. The van der Waals surface area contributed by atoms with E-state index < -0.39 is 140 Å². The molecule has 4 aromatic rings. The smallest absolute Gasteiger partial charge is 0.386 e. The number of imidazole rings is 1. The van der Waals surface area contributed by atoms with Crippen molar-refractivity contribution in [2.45, 2.75) is 92.4 Å².